The summed E-state index contributed by atoms with van der Waals surface area (Å²) in [6.07, 6.45) is 2.15. The van der Waals surface area contributed by atoms with Crippen LogP contribution in [0.25, 0.3) is 11.3 Å². The molecule has 0 saturated heterocycles. The second kappa shape index (κ2) is 8.03. The molecule has 3 N–H and O–H groups in total. The minimum absolute atomic E-state index is 0.0546. The molecule has 0 spiro atoms. The second-order valence-electron chi connectivity index (χ2n) is 7.09. The van der Waals surface area contributed by atoms with E-state index in [1.54, 1.807) is 25.1 Å². The van der Waals surface area contributed by atoms with Gasteiger partial charge in [0.25, 0.3) is 5.88 Å². The van der Waals surface area contributed by atoms with E-state index in [0.29, 0.717) is 33.2 Å². The number of anilines is 1. The van der Waals surface area contributed by atoms with E-state index >= 15 is 0 Å². The van der Waals surface area contributed by atoms with Crippen LogP contribution in [0.5, 0.6) is 17.4 Å². The fraction of sp³-hybridized carbons (Fsp3) is 0.238. The molecular formula is C21H21FN4O4S. The normalized spacial score (nSPS) is 17.7. The number of hydrogen-bond donors (Lipinski definition) is 2. The molecule has 1 aliphatic rings. The van der Waals surface area contributed by atoms with Gasteiger partial charge in [-0.1, -0.05) is 0 Å². The highest BCUT2D eigenvalue weighted by Crippen LogP contribution is 2.36. The Labute approximate surface area is 179 Å². The minimum atomic E-state index is -2.96. The van der Waals surface area contributed by atoms with Crippen LogP contribution in [0, 0.1) is 10.6 Å². The topological polar surface area (TPSA) is 120 Å². The molecule has 2 atom stereocenters. The van der Waals surface area contributed by atoms with Gasteiger partial charge in [-0.25, -0.2) is 23.3 Å². The van der Waals surface area contributed by atoms with E-state index in [2.05, 4.69) is 9.97 Å². The van der Waals surface area contributed by atoms with Gasteiger partial charge in [0.15, 0.2) is 5.82 Å². The molecule has 2 bridgehead atoms. The first-order valence-corrected chi connectivity index (χ1v) is 11.4. The Morgan fingerprint density at radius 1 is 1.16 bits per heavy atom. The number of fused-ring (bicyclic) bond motifs is 5. The number of nitrogens with one attached hydrogen (secondary N) is 1. The van der Waals surface area contributed by atoms with Crippen molar-refractivity contribution in [3.05, 3.63) is 54.0 Å². The van der Waals surface area contributed by atoms with Crippen LogP contribution in [0.3, 0.4) is 0 Å². The SMILES string of the molecule is C[C@H]1Oc2nc(cnc2N)-c2cc(S(C)(=N)=O)ccc2OCCOc2ccc(F)cc21. The van der Waals surface area contributed by atoms with Gasteiger partial charge in [0.05, 0.1) is 21.6 Å². The Bertz CT molecular complexity index is 1250. The van der Waals surface area contributed by atoms with Gasteiger partial charge < -0.3 is 19.9 Å². The Morgan fingerprint density at radius 3 is 2.61 bits per heavy atom. The summed E-state index contributed by atoms with van der Waals surface area (Å²) in [7, 11) is -2.96. The molecule has 3 aromatic rings. The predicted molar refractivity (Wildman–Crippen MR) is 113 cm³/mol. The monoisotopic (exact) mass is 444 g/mol. The average Bonchev–Trinajstić information content (AvgIpc) is 2.73. The van der Waals surface area contributed by atoms with E-state index in [0.717, 1.165) is 0 Å². The number of rotatable bonds is 1. The molecule has 2 aromatic carbocycles. The molecule has 0 radical (unpaired) electrons. The molecule has 1 unspecified atom stereocenters. The third-order valence-electron chi connectivity index (χ3n) is 4.74. The molecular weight excluding hydrogens is 423 g/mol. The van der Waals surface area contributed by atoms with Crippen molar-refractivity contribution in [2.75, 3.05) is 25.2 Å². The number of nitrogen functional groups attached to an aromatic ring is 1. The van der Waals surface area contributed by atoms with E-state index in [1.807, 2.05) is 0 Å². The molecule has 8 nitrogen and oxygen atoms in total. The zero-order valence-corrected chi connectivity index (χ0v) is 17.7. The molecule has 31 heavy (non-hydrogen) atoms. The molecule has 4 rings (SSSR count). The summed E-state index contributed by atoms with van der Waals surface area (Å²) in [5, 5.41) is 0. The molecule has 1 aliphatic heterocycles. The van der Waals surface area contributed by atoms with Gasteiger partial charge in [-0.05, 0) is 43.3 Å². The van der Waals surface area contributed by atoms with Crippen molar-refractivity contribution in [1.29, 1.82) is 4.78 Å². The van der Waals surface area contributed by atoms with Crippen molar-refractivity contribution in [1.82, 2.24) is 9.97 Å². The van der Waals surface area contributed by atoms with Gasteiger partial charge in [-0.3, -0.25) is 0 Å². The molecule has 0 aliphatic carbocycles. The lowest BCUT2D eigenvalue weighted by atomic mass is 10.1. The first-order valence-electron chi connectivity index (χ1n) is 9.45. The van der Waals surface area contributed by atoms with Crippen LogP contribution in [-0.4, -0.2) is 33.6 Å². The molecule has 0 amide bonds. The van der Waals surface area contributed by atoms with Gasteiger partial charge in [0.2, 0.25) is 0 Å². The molecule has 2 heterocycles. The van der Waals surface area contributed by atoms with E-state index in [-0.39, 0.29) is 24.9 Å². The Morgan fingerprint density at radius 2 is 1.87 bits per heavy atom. The van der Waals surface area contributed by atoms with E-state index in [1.165, 1.54) is 30.7 Å². The second-order valence-corrected chi connectivity index (χ2v) is 9.25. The first-order chi connectivity index (χ1) is 14.7. The van der Waals surface area contributed by atoms with Crippen LogP contribution < -0.4 is 19.9 Å². The quantitative estimate of drug-likeness (QED) is 0.585. The number of hydrogen-bond acceptors (Lipinski definition) is 8. The summed E-state index contributed by atoms with van der Waals surface area (Å²) in [5.41, 5.74) is 7.32. The van der Waals surface area contributed by atoms with Gasteiger partial charge in [-0.2, -0.15) is 0 Å². The maximum absolute atomic E-state index is 13.9. The highest BCUT2D eigenvalue weighted by molar-refractivity contribution is 7.91. The van der Waals surface area contributed by atoms with Gasteiger partial charge in [0, 0.05) is 22.3 Å². The number of ether oxygens (including phenoxy) is 3. The average molecular weight is 444 g/mol. The molecule has 0 fully saturated rings. The van der Waals surface area contributed by atoms with Crippen LogP contribution in [0.4, 0.5) is 10.2 Å². The van der Waals surface area contributed by atoms with Crippen molar-refractivity contribution in [3.63, 3.8) is 0 Å². The number of benzene rings is 2. The van der Waals surface area contributed by atoms with Gasteiger partial charge in [-0.15, -0.1) is 0 Å². The summed E-state index contributed by atoms with van der Waals surface area (Å²) < 4.78 is 51.6. The number of halogens is 1. The van der Waals surface area contributed by atoms with E-state index in [4.69, 9.17) is 24.7 Å². The van der Waals surface area contributed by atoms with Gasteiger partial charge in [0.1, 0.15) is 36.6 Å². The van der Waals surface area contributed by atoms with Crippen molar-refractivity contribution >= 4 is 15.5 Å². The standard InChI is InChI=1S/C21H21FN4O4S/c1-12-15-9-13(22)3-5-18(15)28-7-8-29-19-6-4-14(31(2,24)27)10-16(19)17-11-25-20(23)21(26-17)30-12/h3-6,9-12,24H,7-8H2,1-2H3,(H2,23,25)/t12-,31?/m1/s1. The maximum Gasteiger partial charge on any atom is 0.258 e. The maximum atomic E-state index is 13.9. The van der Waals surface area contributed by atoms with Crippen molar-refractivity contribution < 1.29 is 22.8 Å². The summed E-state index contributed by atoms with van der Waals surface area (Å²) in [5.74, 6) is 0.592. The summed E-state index contributed by atoms with van der Waals surface area (Å²) >= 11 is 0. The van der Waals surface area contributed by atoms with Crippen molar-refractivity contribution in [2.24, 2.45) is 0 Å². The number of nitrogens with two attached hydrogens (primary N) is 1. The number of nitrogens with zero attached hydrogens (tertiary/aromatic N) is 2. The van der Waals surface area contributed by atoms with Crippen molar-refractivity contribution in [2.45, 2.75) is 17.9 Å². The number of aromatic nitrogens is 2. The molecule has 0 saturated carbocycles. The van der Waals surface area contributed by atoms with Crippen LogP contribution in [0.15, 0.2) is 47.5 Å². The first kappa shape index (κ1) is 20.9. The Kier molecular flexibility index (Phi) is 5.40. The lowest BCUT2D eigenvalue weighted by Crippen LogP contribution is -2.12. The zero-order chi connectivity index (χ0) is 22.2. The molecule has 10 heteroatoms. The predicted octanol–water partition coefficient (Wildman–Crippen LogP) is 3.81. The summed E-state index contributed by atoms with van der Waals surface area (Å²) in [4.78, 5) is 8.96. The third-order valence-corrected chi connectivity index (χ3v) is 5.89. The van der Waals surface area contributed by atoms with Crippen LogP contribution in [0.1, 0.15) is 18.6 Å². The highest BCUT2D eigenvalue weighted by Gasteiger charge is 2.20. The zero-order valence-electron chi connectivity index (χ0n) is 16.9. The fourth-order valence-electron chi connectivity index (χ4n) is 3.18. The van der Waals surface area contributed by atoms with E-state index in [9.17, 15) is 8.60 Å². The van der Waals surface area contributed by atoms with Crippen LogP contribution in [0.2, 0.25) is 0 Å². The van der Waals surface area contributed by atoms with Crippen LogP contribution >= 0.6 is 0 Å². The smallest absolute Gasteiger partial charge is 0.258 e. The van der Waals surface area contributed by atoms with Crippen LogP contribution in [-0.2, 0) is 9.73 Å². The highest BCUT2D eigenvalue weighted by atomic mass is 32.2. The molecule has 162 valence electrons. The van der Waals surface area contributed by atoms with E-state index < -0.39 is 21.7 Å². The Balaban J connectivity index is 1.85. The Hall–Kier alpha value is -3.40. The summed E-state index contributed by atoms with van der Waals surface area (Å²) in [6, 6.07) is 8.97. The summed E-state index contributed by atoms with van der Waals surface area (Å²) in [6.45, 7) is 2.11. The lowest BCUT2D eigenvalue weighted by molar-refractivity contribution is 0.195. The minimum Gasteiger partial charge on any atom is -0.490 e. The third kappa shape index (κ3) is 4.38. The molecule has 1 aromatic heterocycles. The fourth-order valence-corrected chi connectivity index (χ4v) is 3.85. The van der Waals surface area contributed by atoms with Crippen molar-refractivity contribution in [3.8, 4) is 28.6 Å². The largest absolute Gasteiger partial charge is 0.490 e. The van der Waals surface area contributed by atoms with Gasteiger partial charge >= 0.3 is 0 Å². The lowest BCUT2D eigenvalue weighted by Gasteiger charge is -2.18.